The van der Waals surface area contributed by atoms with Gasteiger partial charge in [-0.2, -0.15) is 0 Å². The van der Waals surface area contributed by atoms with Gasteiger partial charge in [-0.15, -0.1) is 0 Å². The molecule has 2 atom stereocenters. The zero-order valence-corrected chi connectivity index (χ0v) is 11.1. The number of hydrogen-bond acceptors (Lipinski definition) is 5. The van der Waals surface area contributed by atoms with Crippen LogP contribution in [-0.4, -0.2) is 35.8 Å². The molecule has 100 valence electrons. The summed E-state index contributed by atoms with van der Waals surface area (Å²) in [4.78, 5) is 8.18. The minimum Gasteiger partial charge on any atom is -0.478 e. The summed E-state index contributed by atoms with van der Waals surface area (Å²) in [5, 5.41) is 3.31. The number of likely N-dealkylation sites (N-methyl/N-ethyl adjacent to an activating group) is 1. The molecule has 0 spiro atoms. The molecule has 0 aliphatic heterocycles. The van der Waals surface area contributed by atoms with E-state index in [0.29, 0.717) is 24.4 Å². The van der Waals surface area contributed by atoms with Crippen LogP contribution in [0.3, 0.4) is 0 Å². The molecule has 1 aromatic heterocycles. The summed E-state index contributed by atoms with van der Waals surface area (Å²) in [5.74, 6) is 1.17. The van der Waals surface area contributed by atoms with Gasteiger partial charge in [0.05, 0.1) is 12.7 Å². The Hall–Kier alpha value is -1.36. The third kappa shape index (κ3) is 3.32. The van der Waals surface area contributed by atoms with Crippen molar-refractivity contribution in [3.8, 4) is 11.8 Å². The molecule has 0 saturated heterocycles. The number of aromatic nitrogens is 2. The topological polar surface area (TPSA) is 56.3 Å². The van der Waals surface area contributed by atoms with E-state index in [0.717, 1.165) is 12.8 Å². The summed E-state index contributed by atoms with van der Waals surface area (Å²) in [5.41, 5.74) is 0. The first-order valence-electron chi connectivity index (χ1n) is 6.62. The quantitative estimate of drug-likeness (QED) is 0.864. The zero-order chi connectivity index (χ0) is 12.8. The highest BCUT2D eigenvalue weighted by atomic mass is 16.5. The Kier molecular flexibility index (Phi) is 4.75. The van der Waals surface area contributed by atoms with Crippen LogP contribution in [0.1, 0.15) is 32.6 Å². The van der Waals surface area contributed by atoms with Crippen molar-refractivity contribution >= 4 is 0 Å². The lowest BCUT2D eigenvalue weighted by Crippen LogP contribution is -2.43. The summed E-state index contributed by atoms with van der Waals surface area (Å²) in [6, 6.07) is 2.16. The Bertz CT molecular complexity index is 373. The van der Waals surface area contributed by atoms with Crippen LogP contribution < -0.4 is 14.8 Å². The molecule has 0 aromatic carbocycles. The van der Waals surface area contributed by atoms with Crippen LogP contribution in [0.2, 0.25) is 0 Å². The fourth-order valence-corrected chi connectivity index (χ4v) is 2.34. The second kappa shape index (κ2) is 6.54. The van der Waals surface area contributed by atoms with Gasteiger partial charge in [-0.25, -0.2) is 9.97 Å². The molecule has 0 bridgehead atoms. The van der Waals surface area contributed by atoms with E-state index in [4.69, 9.17) is 9.47 Å². The summed E-state index contributed by atoms with van der Waals surface area (Å²) in [6.07, 6.45) is 6.38. The number of rotatable bonds is 5. The van der Waals surface area contributed by atoms with E-state index in [1.807, 2.05) is 14.0 Å². The van der Waals surface area contributed by atoms with Crippen LogP contribution in [0.4, 0.5) is 0 Å². The van der Waals surface area contributed by atoms with Crippen molar-refractivity contribution in [2.75, 3.05) is 13.7 Å². The number of hydrogen-bond donors (Lipinski definition) is 1. The predicted octanol–water partition coefficient (Wildman–Crippen LogP) is 1.78. The SMILES string of the molecule is CCOc1cc(OC2CCCCC2NC)ncn1. The lowest BCUT2D eigenvalue weighted by molar-refractivity contribution is 0.112. The van der Waals surface area contributed by atoms with Crippen molar-refractivity contribution in [3.63, 3.8) is 0 Å². The third-order valence-electron chi connectivity index (χ3n) is 3.25. The zero-order valence-electron chi connectivity index (χ0n) is 11.1. The first-order valence-corrected chi connectivity index (χ1v) is 6.62. The molecular formula is C13H21N3O2. The average Bonchev–Trinajstić information content (AvgIpc) is 2.40. The Morgan fingerprint density at radius 2 is 2.06 bits per heavy atom. The van der Waals surface area contributed by atoms with Gasteiger partial charge >= 0.3 is 0 Å². The summed E-state index contributed by atoms with van der Waals surface area (Å²) < 4.78 is 11.3. The first-order chi connectivity index (χ1) is 8.83. The molecule has 1 saturated carbocycles. The van der Waals surface area contributed by atoms with Crippen LogP contribution in [0.5, 0.6) is 11.8 Å². The molecule has 18 heavy (non-hydrogen) atoms. The van der Waals surface area contributed by atoms with Crippen molar-refractivity contribution in [1.82, 2.24) is 15.3 Å². The molecule has 5 nitrogen and oxygen atoms in total. The van der Waals surface area contributed by atoms with Gasteiger partial charge in [-0.3, -0.25) is 0 Å². The molecule has 1 aromatic rings. The van der Waals surface area contributed by atoms with E-state index in [2.05, 4.69) is 15.3 Å². The maximum absolute atomic E-state index is 5.95. The second-order valence-electron chi connectivity index (χ2n) is 4.46. The van der Waals surface area contributed by atoms with E-state index >= 15 is 0 Å². The van der Waals surface area contributed by atoms with Gasteiger partial charge in [0.1, 0.15) is 12.4 Å². The van der Waals surface area contributed by atoms with Gasteiger partial charge in [0.15, 0.2) is 0 Å². The molecule has 2 unspecified atom stereocenters. The number of ether oxygens (including phenoxy) is 2. The summed E-state index contributed by atoms with van der Waals surface area (Å²) >= 11 is 0. The summed E-state index contributed by atoms with van der Waals surface area (Å²) in [6.45, 7) is 2.53. The Morgan fingerprint density at radius 3 is 2.83 bits per heavy atom. The van der Waals surface area contributed by atoms with Crippen molar-refractivity contribution in [1.29, 1.82) is 0 Å². The average molecular weight is 251 g/mol. The Morgan fingerprint density at radius 1 is 1.28 bits per heavy atom. The molecule has 5 heteroatoms. The molecule has 1 fully saturated rings. The van der Waals surface area contributed by atoms with Crippen LogP contribution in [0.15, 0.2) is 12.4 Å². The molecule has 1 aliphatic carbocycles. The second-order valence-corrected chi connectivity index (χ2v) is 4.46. The van der Waals surface area contributed by atoms with Gasteiger partial charge in [-0.05, 0) is 33.2 Å². The van der Waals surface area contributed by atoms with Crippen molar-refractivity contribution in [2.24, 2.45) is 0 Å². The van der Waals surface area contributed by atoms with E-state index in [9.17, 15) is 0 Å². The predicted molar refractivity (Wildman–Crippen MR) is 68.9 cm³/mol. The van der Waals surface area contributed by atoms with Gasteiger partial charge in [0.2, 0.25) is 11.8 Å². The maximum Gasteiger partial charge on any atom is 0.220 e. The van der Waals surface area contributed by atoms with Crippen molar-refractivity contribution < 1.29 is 9.47 Å². The van der Waals surface area contributed by atoms with Crippen molar-refractivity contribution in [2.45, 2.75) is 44.8 Å². The lowest BCUT2D eigenvalue weighted by atomic mass is 9.92. The van der Waals surface area contributed by atoms with E-state index in [1.54, 1.807) is 6.07 Å². The molecule has 1 aliphatic rings. The highest BCUT2D eigenvalue weighted by Crippen LogP contribution is 2.23. The van der Waals surface area contributed by atoms with Crippen LogP contribution in [-0.2, 0) is 0 Å². The van der Waals surface area contributed by atoms with E-state index in [1.165, 1.54) is 19.2 Å². The van der Waals surface area contributed by atoms with Gasteiger partial charge in [-0.1, -0.05) is 6.42 Å². The Labute approximate surface area is 108 Å². The normalized spacial score (nSPS) is 23.7. The van der Waals surface area contributed by atoms with Gasteiger partial charge in [0, 0.05) is 6.04 Å². The molecule has 0 amide bonds. The van der Waals surface area contributed by atoms with Crippen LogP contribution in [0.25, 0.3) is 0 Å². The Balaban J connectivity index is 2.00. The fraction of sp³-hybridized carbons (Fsp3) is 0.692. The first kappa shape index (κ1) is 13.1. The van der Waals surface area contributed by atoms with E-state index < -0.39 is 0 Å². The number of nitrogens with one attached hydrogen (secondary N) is 1. The third-order valence-corrected chi connectivity index (χ3v) is 3.25. The molecular weight excluding hydrogens is 230 g/mol. The highest BCUT2D eigenvalue weighted by Gasteiger charge is 2.25. The largest absolute Gasteiger partial charge is 0.478 e. The number of nitrogens with zero attached hydrogens (tertiary/aromatic N) is 2. The monoisotopic (exact) mass is 251 g/mol. The standard InChI is InChI=1S/C13H21N3O2/c1-3-17-12-8-13(16-9-15-12)18-11-7-5-4-6-10(11)14-2/h8-11,14H,3-7H2,1-2H3. The highest BCUT2D eigenvalue weighted by molar-refractivity contribution is 5.18. The minimum absolute atomic E-state index is 0.188. The van der Waals surface area contributed by atoms with Gasteiger partial charge < -0.3 is 14.8 Å². The lowest BCUT2D eigenvalue weighted by Gasteiger charge is -2.31. The molecule has 1 heterocycles. The van der Waals surface area contributed by atoms with Crippen LogP contribution >= 0.6 is 0 Å². The molecule has 0 radical (unpaired) electrons. The van der Waals surface area contributed by atoms with Crippen LogP contribution in [0, 0.1) is 0 Å². The minimum atomic E-state index is 0.188. The molecule has 1 N–H and O–H groups in total. The van der Waals surface area contributed by atoms with E-state index in [-0.39, 0.29) is 6.10 Å². The molecule has 2 rings (SSSR count). The fourth-order valence-electron chi connectivity index (χ4n) is 2.34. The van der Waals surface area contributed by atoms with Gasteiger partial charge in [0.25, 0.3) is 0 Å². The smallest absolute Gasteiger partial charge is 0.220 e. The maximum atomic E-state index is 5.95. The summed E-state index contributed by atoms with van der Waals surface area (Å²) in [7, 11) is 1.98. The van der Waals surface area contributed by atoms with Crippen molar-refractivity contribution in [3.05, 3.63) is 12.4 Å².